The molecule has 4 rings (SSSR count). The fourth-order valence-electron chi connectivity index (χ4n) is 3.25. The van der Waals surface area contributed by atoms with Gasteiger partial charge < -0.3 is 10.1 Å². The van der Waals surface area contributed by atoms with Gasteiger partial charge in [0, 0.05) is 23.3 Å². The summed E-state index contributed by atoms with van der Waals surface area (Å²) in [6, 6.07) is 11.7. The molecule has 0 aromatic heterocycles. The van der Waals surface area contributed by atoms with E-state index in [4.69, 9.17) is 4.74 Å². The largest absolute Gasteiger partial charge is 0.368 e. The van der Waals surface area contributed by atoms with Gasteiger partial charge in [-0.3, -0.25) is 14.4 Å². The monoisotopic (exact) mass is 321 g/mol. The molecule has 2 aromatic carbocycles. The van der Waals surface area contributed by atoms with Crippen LogP contribution < -0.4 is 5.32 Å². The van der Waals surface area contributed by atoms with Crippen molar-refractivity contribution in [2.24, 2.45) is 0 Å². The van der Waals surface area contributed by atoms with Crippen molar-refractivity contribution in [3.63, 3.8) is 0 Å². The highest BCUT2D eigenvalue weighted by Crippen LogP contribution is 2.32. The van der Waals surface area contributed by atoms with E-state index in [0.717, 1.165) is 6.42 Å². The highest BCUT2D eigenvalue weighted by atomic mass is 16.5. The Morgan fingerprint density at radius 2 is 1.67 bits per heavy atom. The van der Waals surface area contributed by atoms with E-state index in [-0.39, 0.29) is 23.0 Å². The second kappa shape index (κ2) is 5.69. The number of amides is 1. The average Bonchev–Trinajstić information content (AvgIpc) is 3.14. The van der Waals surface area contributed by atoms with Crippen LogP contribution in [0.5, 0.6) is 0 Å². The summed E-state index contributed by atoms with van der Waals surface area (Å²) in [5, 5.41) is 2.76. The maximum absolute atomic E-state index is 12.8. The third kappa shape index (κ3) is 2.25. The number of ketones is 2. The molecule has 5 nitrogen and oxygen atoms in total. The third-order valence-electron chi connectivity index (χ3n) is 4.43. The van der Waals surface area contributed by atoms with Crippen molar-refractivity contribution in [3.05, 3.63) is 64.7 Å². The molecule has 1 saturated heterocycles. The van der Waals surface area contributed by atoms with E-state index in [1.54, 1.807) is 42.5 Å². The first kappa shape index (κ1) is 14.8. The van der Waals surface area contributed by atoms with E-state index in [0.29, 0.717) is 35.4 Å². The highest BCUT2D eigenvalue weighted by molar-refractivity contribution is 6.30. The van der Waals surface area contributed by atoms with E-state index < -0.39 is 6.10 Å². The Hall–Kier alpha value is -2.79. The first-order valence-electron chi connectivity index (χ1n) is 7.91. The second-order valence-electron chi connectivity index (χ2n) is 5.92. The molecule has 0 radical (unpaired) electrons. The van der Waals surface area contributed by atoms with E-state index in [1.807, 2.05) is 0 Å². The van der Waals surface area contributed by atoms with Crippen molar-refractivity contribution in [2.45, 2.75) is 18.9 Å². The molecule has 0 unspecified atom stereocenters. The second-order valence-corrected chi connectivity index (χ2v) is 5.92. The summed E-state index contributed by atoms with van der Waals surface area (Å²) < 4.78 is 5.37. The molecule has 1 N–H and O–H groups in total. The Kier molecular flexibility index (Phi) is 3.50. The number of benzene rings is 2. The van der Waals surface area contributed by atoms with E-state index in [2.05, 4.69) is 5.32 Å². The predicted molar refractivity (Wildman–Crippen MR) is 87.4 cm³/mol. The smallest absolute Gasteiger partial charge is 0.253 e. The molecule has 0 spiro atoms. The molecule has 0 saturated carbocycles. The minimum Gasteiger partial charge on any atom is -0.368 e. The summed E-state index contributed by atoms with van der Waals surface area (Å²) in [5.41, 5.74) is 1.71. The maximum atomic E-state index is 12.8. The number of nitrogens with one attached hydrogen (secondary N) is 1. The number of hydrogen-bond donors (Lipinski definition) is 1. The van der Waals surface area contributed by atoms with Crippen LogP contribution in [0.15, 0.2) is 42.5 Å². The van der Waals surface area contributed by atoms with Crippen molar-refractivity contribution >= 4 is 23.2 Å². The Bertz CT molecular complexity index is 865. The van der Waals surface area contributed by atoms with Gasteiger partial charge in [0.15, 0.2) is 11.6 Å². The lowest BCUT2D eigenvalue weighted by molar-refractivity contribution is -0.124. The van der Waals surface area contributed by atoms with E-state index >= 15 is 0 Å². The minimum absolute atomic E-state index is 0.201. The van der Waals surface area contributed by atoms with Crippen LogP contribution in [0, 0.1) is 0 Å². The topological polar surface area (TPSA) is 72.5 Å². The zero-order chi connectivity index (χ0) is 16.7. The lowest BCUT2D eigenvalue weighted by atomic mass is 9.83. The molecule has 1 fully saturated rings. The summed E-state index contributed by atoms with van der Waals surface area (Å²) in [4.78, 5) is 37.8. The molecular formula is C19H15NO4. The van der Waals surface area contributed by atoms with Gasteiger partial charge in [-0.25, -0.2) is 0 Å². The fourth-order valence-corrected chi connectivity index (χ4v) is 3.25. The van der Waals surface area contributed by atoms with Gasteiger partial charge in [-0.15, -0.1) is 0 Å². The van der Waals surface area contributed by atoms with Crippen LogP contribution in [0.4, 0.5) is 5.69 Å². The van der Waals surface area contributed by atoms with Crippen LogP contribution in [0.1, 0.15) is 44.7 Å². The highest BCUT2D eigenvalue weighted by Gasteiger charge is 2.32. The number of fused-ring (bicyclic) bond motifs is 2. The van der Waals surface area contributed by atoms with Crippen molar-refractivity contribution in [1.82, 2.24) is 0 Å². The maximum Gasteiger partial charge on any atom is 0.253 e. The molecule has 5 heteroatoms. The lowest BCUT2D eigenvalue weighted by Crippen LogP contribution is -2.29. The third-order valence-corrected chi connectivity index (χ3v) is 4.43. The predicted octanol–water partition coefficient (Wildman–Crippen LogP) is 2.58. The first-order chi connectivity index (χ1) is 11.7. The zero-order valence-corrected chi connectivity index (χ0v) is 12.9. The Morgan fingerprint density at radius 1 is 0.958 bits per heavy atom. The number of carbonyl (C=O) groups is 3. The van der Waals surface area contributed by atoms with Crippen molar-refractivity contribution in [2.75, 3.05) is 11.9 Å². The molecule has 1 aliphatic carbocycles. The van der Waals surface area contributed by atoms with Gasteiger partial charge >= 0.3 is 0 Å². The van der Waals surface area contributed by atoms with E-state index in [9.17, 15) is 14.4 Å². The Labute approximate surface area is 138 Å². The fraction of sp³-hybridized carbons (Fsp3) is 0.211. The van der Waals surface area contributed by atoms with Gasteiger partial charge in [0.1, 0.15) is 6.10 Å². The Morgan fingerprint density at radius 3 is 2.38 bits per heavy atom. The van der Waals surface area contributed by atoms with Crippen molar-refractivity contribution in [1.29, 1.82) is 0 Å². The average molecular weight is 321 g/mol. The minimum atomic E-state index is -0.498. The van der Waals surface area contributed by atoms with Crippen LogP contribution in [0.2, 0.25) is 0 Å². The zero-order valence-electron chi connectivity index (χ0n) is 12.9. The summed E-state index contributed by atoms with van der Waals surface area (Å²) in [6.45, 7) is 0.565. The SMILES string of the molecule is O=C1c2ccccc2C(=O)c2c(NC(=O)[C@@H]3CCCO3)cccc21. The van der Waals surface area contributed by atoms with Gasteiger partial charge in [-0.05, 0) is 18.9 Å². The number of ether oxygens (including phenoxy) is 1. The van der Waals surface area contributed by atoms with Gasteiger partial charge in [0.2, 0.25) is 0 Å². The van der Waals surface area contributed by atoms with Crippen LogP contribution in [-0.4, -0.2) is 30.2 Å². The summed E-state index contributed by atoms with van der Waals surface area (Å²) >= 11 is 0. The summed E-state index contributed by atoms with van der Waals surface area (Å²) in [5.74, 6) is -0.725. The molecule has 1 amide bonds. The normalized spacial score (nSPS) is 18.9. The molecule has 24 heavy (non-hydrogen) atoms. The molecule has 1 heterocycles. The van der Waals surface area contributed by atoms with Crippen LogP contribution in [-0.2, 0) is 9.53 Å². The van der Waals surface area contributed by atoms with Gasteiger partial charge in [-0.1, -0.05) is 36.4 Å². The molecular weight excluding hydrogens is 306 g/mol. The standard InChI is InChI=1S/C19H15NO4/c21-17-11-5-1-2-6-12(11)18(22)16-13(17)7-3-8-14(16)20-19(23)15-9-4-10-24-15/h1-3,5-8,15H,4,9-10H2,(H,20,23)/t15-/m0/s1. The lowest BCUT2D eigenvalue weighted by Gasteiger charge is -2.21. The quantitative estimate of drug-likeness (QED) is 0.787. The number of anilines is 1. The molecule has 1 atom stereocenters. The van der Waals surface area contributed by atoms with E-state index in [1.165, 1.54) is 0 Å². The van der Waals surface area contributed by atoms with Gasteiger partial charge in [-0.2, -0.15) is 0 Å². The number of hydrogen-bond acceptors (Lipinski definition) is 4. The molecule has 2 aromatic rings. The van der Waals surface area contributed by atoms with Crippen molar-refractivity contribution < 1.29 is 19.1 Å². The number of carbonyl (C=O) groups excluding carboxylic acids is 3. The van der Waals surface area contributed by atoms with Crippen LogP contribution in [0.3, 0.4) is 0 Å². The molecule has 1 aliphatic heterocycles. The molecule has 0 bridgehead atoms. The summed E-state index contributed by atoms with van der Waals surface area (Å²) in [7, 11) is 0. The van der Waals surface area contributed by atoms with Crippen LogP contribution >= 0.6 is 0 Å². The van der Waals surface area contributed by atoms with Gasteiger partial charge in [0.25, 0.3) is 5.91 Å². The van der Waals surface area contributed by atoms with Gasteiger partial charge in [0.05, 0.1) is 11.3 Å². The molecule has 2 aliphatic rings. The van der Waals surface area contributed by atoms with Crippen LogP contribution in [0.25, 0.3) is 0 Å². The number of rotatable bonds is 2. The molecule has 120 valence electrons. The Balaban J connectivity index is 1.75. The first-order valence-corrected chi connectivity index (χ1v) is 7.91. The summed E-state index contributed by atoms with van der Waals surface area (Å²) in [6.07, 6.45) is 1.01. The van der Waals surface area contributed by atoms with Crippen molar-refractivity contribution in [3.8, 4) is 0 Å².